The number of aromatic nitrogens is 2. The Hall–Kier alpha value is -1.20. The smallest absolute Gasteiger partial charge is 0.150 e. The molecule has 0 amide bonds. The summed E-state index contributed by atoms with van der Waals surface area (Å²) in [5.41, 5.74) is 1.07. The van der Waals surface area contributed by atoms with Crippen LogP contribution in [0, 0.1) is 0 Å². The van der Waals surface area contributed by atoms with Crippen LogP contribution in [0.2, 0.25) is 0 Å². The van der Waals surface area contributed by atoms with Crippen molar-refractivity contribution in [3.05, 3.63) is 17.8 Å². The summed E-state index contributed by atoms with van der Waals surface area (Å²) in [6.45, 7) is 5.54. The van der Waals surface area contributed by atoms with Crippen LogP contribution in [-0.2, 0) is 0 Å². The minimum absolute atomic E-state index is 0.608. The predicted molar refractivity (Wildman–Crippen MR) is 85.6 cm³/mol. The second-order valence-electron chi connectivity index (χ2n) is 5.43. The molecule has 2 aromatic heterocycles. The van der Waals surface area contributed by atoms with Crippen LogP contribution < -0.4 is 10.2 Å². The predicted octanol–water partition coefficient (Wildman–Crippen LogP) is 3.05. The maximum Gasteiger partial charge on any atom is 0.150 e. The lowest BCUT2D eigenvalue weighted by Crippen LogP contribution is -2.38. The van der Waals surface area contributed by atoms with Gasteiger partial charge in [-0.2, -0.15) is 0 Å². The Labute approximate surface area is 124 Å². The van der Waals surface area contributed by atoms with E-state index in [4.69, 9.17) is 0 Å². The lowest BCUT2D eigenvalue weighted by Gasteiger charge is -2.27. The molecule has 5 heteroatoms. The highest BCUT2D eigenvalue weighted by Crippen LogP contribution is 2.28. The van der Waals surface area contributed by atoms with Crippen LogP contribution in [0.3, 0.4) is 0 Å². The van der Waals surface area contributed by atoms with Crippen LogP contribution in [0.4, 0.5) is 5.82 Å². The molecule has 0 aliphatic carbocycles. The van der Waals surface area contributed by atoms with Crippen molar-refractivity contribution in [1.29, 1.82) is 0 Å². The third-order valence-electron chi connectivity index (χ3n) is 3.91. The fourth-order valence-electron chi connectivity index (χ4n) is 2.81. The highest BCUT2D eigenvalue weighted by Gasteiger charge is 2.20. The zero-order chi connectivity index (χ0) is 13.8. The Bertz CT molecular complexity index is 548. The zero-order valence-electron chi connectivity index (χ0n) is 12.0. The van der Waals surface area contributed by atoms with E-state index in [1.165, 1.54) is 30.4 Å². The molecule has 20 heavy (non-hydrogen) atoms. The van der Waals surface area contributed by atoms with E-state index in [-0.39, 0.29) is 0 Å². The molecular formula is C15H22N4S. The first-order chi connectivity index (χ1) is 9.88. The molecule has 1 aliphatic heterocycles. The number of anilines is 1. The number of nitrogens with zero attached hydrogens (tertiary/aromatic N) is 3. The van der Waals surface area contributed by atoms with Crippen molar-refractivity contribution in [2.24, 2.45) is 0 Å². The normalized spacial score (nSPS) is 18.8. The average Bonchev–Trinajstić information content (AvgIpc) is 3.13. The molecule has 1 atom stereocenters. The lowest BCUT2D eigenvalue weighted by molar-refractivity contribution is 0.570. The molecule has 0 radical (unpaired) electrons. The van der Waals surface area contributed by atoms with E-state index in [2.05, 4.69) is 38.6 Å². The quantitative estimate of drug-likeness (QED) is 0.888. The van der Waals surface area contributed by atoms with Gasteiger partial charge in [0.25, 0.3) is 0 Å². The number of thiophene rings is 1. The van der Waals surface area contributed by atoms with E-state index in [9.17, 15) is 0 Å². The van der Waals surface area contributed by atoms with E-state index in [0.29, 0.717) is 6.04 Å². The molecule has 0 bridgehead atoms. The third kappa shape index (κ3) is 2.94. The molecule has 108 valence electrons. The molecule has 1 fully saturated rings. The van der Waals surface area contributed by atoms with Crippen LogP contribution in [0.15, 0.2) is 17.8 Å². The number of rotatable bonds is 6. The van der Waals surface area contributed by atoms with Gasteiger partial charge in [0.15, 0.2) is 0 Å². The fraction of sp³-hybridized carbons (Fsp3) is 0.600. The van der Waals surface area contributed by atoms with Crippen molar-refractivity contribution < 1.29 is 0 Å². The van der Waals surface area contributed by atoms with Crippen molar-refractivity contribution in [2.45, 2.75) is 38.6 Å². The number of unbranched alkanes of at least 4 members (excludes halogenated alkanes) is 1. The Morgan fingerprint density at radius 2 is 2.40 bits per heavy atom. The van der Waals surface area contributed by atoms with Crippen LogP contribution in [0.5, 0.6) is 0 Å². The van der Waals surface area contributed by atoms with E-state index in [0.717, 1.165) is 31.0 Å². The summed E-state index contributed by atoms with van der Waals surface area (Å²) < 4.78 is 1.22. The molecule has 1 aliphatic rings. The van der Waals surface area contributed by atoms with Gasteiger partial charge >= 0.3 is 0 Å². The SMILES string of the molecule is CCCCN(CC1CCCN1)c1ncnc2ccsc12. The molecule has 3 rings (SSSR count). The monoisotopic (exact) mass is 290 g/mol. The largest absolute Gasteiger partial charge is 0.354 e. The van der Waals surface area contributed by atoms with Gasteiger partial charge in [-0.25, -0.2) is 9.97 Å². The maximum atomic E-state index is 4.57. The third-order valence-corrected chi connectivity index (χ3v) is 4.81. The first kappa shape index (κ1) is 13.8. The van der Waals surface area contributed by atoms with Gasteiger partial charge in [0.1, 0.15) is 12.1 Å². The standard InChI is InChI=1S/C15H22N4S/c1-2-3-8-19(10-12-5-4-7-16-12)15-14-13(6-9-20-14)17-11-18-15/h6,9,11-12,16H,2-5,7-8,10H2,1H3. The van der Waals surface area contributed by atoms with Gasteiger partial charge in [-0.1, -0.05) is 13.3 Å². The van der Waals surface area contributed by atoms with E-state index < -0.39 is 0 Å². The molecule has 0 saturated carbocycles. The highest BCUT2D eigenvalue weighted by atomic mass is 32.1. The molecule has 3 heterocycles. The van der Waals surface area contributed by atoms with Crippen molar-refractivity contribution in [1.82, 2.24) is 15.3 Å². The van der Waals surface area contributed by atoms with Gasteiger partial charge in [0, 0.05) is 19.1 Å². The summed E-state index contributed by atoms with van der Waals surface area (Å²) in [5.74, 6) is 1.12. The molecule has 2 aromatic rings. The maximum absolute atomic E-state index is 4.57. The zero-order valence-corrected chi connectivity index (χ0v) is 12.8. The molecule has 1 unspecified atom stereocenters. The van der Waals surface area contributed by atoms with Gasteiger partial charge < -0.3 is 10.2 Å². The van der Waals surface area contributed by atoms with Crippen LogP contribution in [0.25, 0.3) is 10.2 Å². The van der Waals surface area contributed by atoms with Crippen LogP contribution in [-0.4, -0.2) is 35.6 Å². The Morgan fingerprint density at radius 1 is 1.45 bits per heavy atom. The van der Waals surface area contributed by atoms with Crippen molar-refractivity contribution in [3.8, 4) is 0 Å². The minimum atomic E-state index is 0.608. The van der Waals surface area contributed by atoms with Gasteiger partial charge in [0.2, 0.25) is 0 Å². The Balaban J connectivity index is 1.84. The second-order valence-corrected chi connectivity index (χ2v) is 6.34. The number of nitrogens with one attached hydrogen (secondary N) is 1. The Morgan fingerprint density at radius 3 is 3.20 bits per heavy atom. The molecule has 1 saturated heterocycles. The van der Waals surface area contributed by atoms with Crippen molar-refractivity contribution in [3.63, 3.8) is 0 Å². The summed E-state index contributed by atoms with van der Waals surface area (Å²) in [4.78, 5) is 11.4. The van der Waals surface area contributed by atoms with Crippen molar-refractivity contribution in [2.75, 3.05) is 24.5 Å². The fourth-order valence-corrected chi connectivity index (χ4v) is 3.67. The Kier molecular flexibility index (Phi) is 4.47. The first-order valence-corrected chi connectivity index (χ1v) is 8.43. The van der Waals surface area contributed by atoms with Gasteiger partial charge in [0.05, 0.1) is 10.2 Å². The molecule has 0 aromatic carbocycles. The van der Waals surface area contributed by atoms with E-state index >= 15 is 0 Å². The summed E-state index contributed by atoms with van der Waals surface area (Å²) in [7, 11) is 0. The summed E-state index contributed by atoms with van der Waals surface area (Å²) in [6.07, 6.45) is 6.70. The molecule has 4 nitrogen and oxygen atoms in total. The molecule has 0 spiro atoms. The second kappa shape index (κ2) is 6.50. The van der Waals surface area contributed by atoms with Crippen LogP contribution in [0.1, 0.15) is 32.6 Å². The van der Waals surface area contributed by atoms with Gasteiger partial charge in [-0.05, 0) is 37.3 Å². The number of fused-ring (bicyclic) bond motifs is 1. The summed E-state index contributed by atoms with van der Waals surface area (Å²) >= 11 is 1.75. The highest BCUT2D eigenvalue weighted by molar-refractivity contribution is 7.17. The lowest BCUT2D eigenvalue weighted by atomic mass is 10.2. The summed E-state index contributed by atoms with van der Waals surface area (Å²) in [5, 5.41) is 5.70. The van der Waals surface area contributed by atoms with Crippen molar-refractivity contribution >= 4 is 27.4 Å². The number of hydrogen-bond donors (Lipinski definition) is 1. The molecule has 1 N–H and O–H groups in total. The number of hydrogen-bond acceptors (Lipinski definition) is 5. The first-order valence-electron chi connectivity index (χ1n) is 7.55. The van der Waals surface area contributed by atoms with Gasteiger partial charge in [-0.3, -0.25) is 0 Å². The van der Waals surface area contributed by atoms with Crippen LogP contribution >= 0.6 is 11.3 Å². The van der Waals surface area contributed by atoms with E-state index in [1.54, 1.807) is 17.7 Å². The summed E-state index contributed by atoms with van der Waals surface area (Å²) in [6, 6.07) is 2.69. The molecular weight excluding hydrogens is 268 g/mol. The topological polar surface area (TPSA) is 41.0 Å². The van der Waals surface area contributed by atoms with E-state index in [1.807, 2.05) is 0 Å². The van der Waals surface area contributed by atoms with Gasteiger partial charge in [-0.15, -0.1) is 11.3 Å². The minimum Gasteiger partial charge on any atom is -0.354 e. The average molecular weight is 290 g/mol.